The second kappa shape index (κ2) is 5.33. The van der Waals surface area contributed by atoms with Crippen LogP contribution in [0.2, 0.25) is 5.15 Å². The zero-order valence-corrected chi connectivity index (χ0v) is 9.88. The molecule has 0 fully saturated rings. The Labute approximate surface area is 95.5 Å². The SMILES string of the molecule is CC(C)(CCO)CNc1cccc(Cl)n1. The maximum Gasteiger partial charge on any atom is 0.131 e. The monoisotopic (exact) mass is 228 g/mol. The molecular weight excluding hydrogens is 212 g/mol. The molecule has 0 radical (unpaired) electrons. The van der Waals surface area contributed by atoms with E-state index in [9.17, 15) is 0 Å². The summed E-state index contributed by atoms with van der Waals surface area (Å²) in [5.41, 5.74) is 0.0543. The van der Waals surface area contributed by atoms with E-state index in [1.807, 2.05) is 12.1 Å². The second-order valence-corrected chi connectivity index (χ2v) is 4.72. The van der Waals surface area contributed by atoms with Crippen molar-refractivity contribution >= 4 is 17.4 Å². The lowest BCUT2D eigenvalue weighted by Crippen LogP contribution is -2.24. The van der Waals surface area contributed by atoms with Crippen LogP contribution in [0.4, 0.5) is 5.82 Å². The molecule has 0 saturated carbocycles. The van der Waals surface area contributed by atoms with Crippen LogP contribution in [0.15, 0.2) is 18.2 Å². The summed E-state index contributed by atoms with van der Waals surface area (Å²) in [5.74, 6) is 0.772. The van der Waals surface area contributed by atoms with Crippen LogP contribution in [-0.2, 0) is 0 Å². The van der Waals surface area contributed by atoms with Gasteiger partial charge in [-0.2, -0.15) is 0 Å². The van der Waals surface area contributed by atoms with Crippen molar-refractivity contribution in [3.63, 3.8) is 0 Å². The van der Waals surface area contributed by atoms with Crippen molar-refractivity contribution in [3.8, 4) is 0 Å². The molecule has 0 aromatic carbocycles. The van der Waals surface area contributed by atoms with E-state index in [4.69, 9.17) is 16.7 Å². The standard InChI is InChI=1S/C11H17ClN2O/c1-11(2,6-7-15)8-13-10-5-3-4-9(12)14-10/h3-5,15H,6-8H2,1-2H3,(H,13,14). The Morgan fingerprint density at radius 1 is 1.47 bits per heavy atom. The number of anilines is 1. The van der Waals surface area contributed by atoms with E-state index in [0.717, 1.165) is 18.8 Å². The van der Waals surface area contributed by atoms with Crippen molar-refractivity contribution in [2.24, 2.45) is 5.41 Å². The summed E-state index contributed by atoms with van der Waals surface area (Å²) in [6, 6.07) is 5.48. The highest BCUT2D eigenvalue weighted by Crippen LogP contribution is 2.20. The van der Waals surface area contributed by atoms with E-state index in [1.165, 1.54) is 0 Å². The quantitative estimate of drug-likeness (QED) is 0.762. The largest absolute Gasteiger partial charge is 0.396 e. The Bertz CT molecular complexity index is 315. The van der Waals surface area contributed by atoms with Gasteiger partial charge in [0.2, 0.25) is 0 Å². The molecule has 0 aliphatic carbocycles. The zero-order chi connectivity index (χ0) is 11.3. The van der Waals surface area contributed by atoms with Gasteiger partial charge in [0.15, 0.2) is 0 Å². The van der Waals surface area contributed by atoms with E-state index >= 15 is 0 Å². The summed E-state index contributed by atoms with van der Waals surface area (Å²) < 4.78 is 0. The number of hydrogen-bond acceptors (Lipinski definition) is 3. The molecule has 0 atom stereocenters. The molecule has 15 heavy (non-hydrogen) atoms. The van der Waals surface area contributed by atoms with Crippen molar-refractivity contribution in [2.75, 3.05) is 18.5 Å². The van der Waals surface area contributed by atoms with Gasteiger partial charge in [0, 0.05) is 13.2 Å². The fourth-order valence-electron chi connectivity index (χ4n) is 1.23. The van der Waals surface area contributed by atoms with Crippen LogP contribution in [0.3, 0.4) is 0 Å². The molecule has 1 rings (SSSR count). The average Bonchev–Trinajstić information content (AvgIpc) is 2.15. The maximum atomic E-state index is 8.88. The van der Waals surface area contributed by atoms with E-state index < -0.39 is 0 Å². The fourth-order valence-corrected chi connectivity index (χ4v) is 1.39. The first-order chi connectivity index (χ1) is 7.03. The van der Waals surface area contributed by atoms with Crippen LogP contribution in [0.25, 0.3) is 0 Å². The Morgan fingerprint density at radius 2 is 2.20 bits per heavy atom. The van der Waals surface area contributed by atoms with E-state index in [1.54, 1.807) is 6.07 Å². The van der Waals surface area contributed by atoms with Gasteiger partial charge in [0.25, 0.3) is 0 Å². The number of nitrogens with zero attached hydrogens (tertiary/aromatic N) is 1. The van der Waals surface area contributed by atoms with Crippen molar-refractivity contribution < 1.29 is 5.11 Å². The van der Waals surface area contributed by atoms with Crippen molar-refractivity contribution in [3.05, 3.63) is 23.4 Å². The minimum absolute atomic E-state index is 0.0543. The first-order valence-corrected chi connectivity index (χ1v) is 5.39. The molecule has 0 unspecified atom stereocenters. The molecule has 1 aromatic heterocycles. The second-order valence-electron chi connectivity index (χ2n) is 4.34. The molecule has 0 spiro atoms. The first-order valence-electron chi connectivity index (χ1n) is 5.01. The van der Waals surface area contributed by atoms with Crippen LogP contribution >= 0.6 is 11.6 Å². The number of nitrogens with one attached hydrogen (secondary N) is 1. The fraction of sp³-hybridized carbons (Fsp3) is 0.545. The molecule has 4 heteroatoms. The van der Waals surface area contributed by atoms with Gasteiger partial charge in [-0.05, 0) is 24.0 Å². The summed E-state index contributed by atoms with van der Waals surface area (Å²) in [7, 11) is 0. The molecule has 0 amide bonds. The maximum absolute atomic E-state index is 8.88. The van der Waals surface area contributed by atoms with Gasteiger partial charge in [0.05, 0.1) is 0 Å². The number of halogens is 1. The molecule has 2 N–H and O–H groups in total. The highest BCUT2D eigenvalue weighted by Gasteiger charge is 2.16. The minimum atomic E-state index is 0.0543. The molecule has 0 bridgehead atoms. The predicted molar refractivity (Wildman–Crippen MR) is 63.2 cm³/mol. The summed E-state index contributed by atoms with van der Waals surface area (Å²) in [6.45, 7) is 5.17. The summed E-state index contributed by atoms with van der Waals surface area (Å²) >= 11 is 5.76. The number of hydrogen-bond donors (Lipinski definition) is 2. The van der Waals surface area contributed by atoms with Crippen LogP contribution in [0.5, 0.6) is 0 Å². The highest BCUT2D eigenvalue weighted by molar-refractivity contribution is 6.29. The van der Waals surface area contributed by atoms with Gasteiger partial charge >= 0.3 is 0 Å². The van der Waals surface area contributed by atoms with Crippen LogP contribution < -0.4 is 5.32 Å². The summed E-state index contributed by atoms with van der Waals surface area (Å²) in [6.07, 6.45) is 0.764. The molecule has 0 aliphatic heterocycles. The predicted octanol–water partition coefficient (Wildman–Crippen LogP) is 2.56. The van der Waals surface area contributed by atoms with E-state index in [-0.39, 0.29) is 12.0 Å². The van der Waals surface area contributed by atoms with Crippen LogP contribution in [0, 0.1) is 5.41 Å². The molecule has 0 saturated heterocycles. The Balaban J connectivity index is 2.49. The third-order valence-corrected chi connectivity index (χ3v) is 2.46. The van der Waals surface area contributed by atoms with Crippen LogP contribution in [0.1, 0.15) is 20.3 Å². The molecule has 84 valence electrons. The molecule has 1 heterocycles. The van der Waals surface area contributed by atoms with Gasteiger partial charge in [-0.3, -0.25) is 0 Å². The van der Waals surface area contributed by atoms with Gasteiger partial charge in [-0.15, -0.1) is 0 Å². The topological polar surface area (TPSA) is 45.1 Å². The number of aliphatic hydroxyl groups excluding tert-OH is 1. The third-order valence-electron chi connectivity index (χ3n) is 2.25. The smallest absolute Gasteiger partial charge is 0.131 e. The Morgan fingerprint density at radius 3 is 2.80 bits per heavy atom. The zero-order valence-electron chi connectivity index (χ0n) is 9.13. The summed E-state index contributed by atoms with van der Waals surface area (Å²) in [5, 5.41) is 12.6. The van der Waals surface area contributed by atoms with Gasteiger partial charge < -0.3 is 10.4 Å². The first kappa shape index (κ1) is 12.3. The lowest BCUT2D eigenvalue weighted by Gasteiger charge is -2.24. The van der Waals surface area contributed by atoms with Crippen molar-refractivity contribution in [1.29, 1.82) is 0 Å². The van der Waals surface area contributed by atoms with Crippen molar-refractivity contribution in [2.45, 2.75) is 20.3 Å². The van der Waals surface area contributed by atoms with E-state index in [0.29, 0.717) is 5.15 Å². The molecular formula is C11H17ClN2O. The highest BCUT2D eigenvalue weighted by atomic mass is 35.5. The normalized spacial score (nSPS) is 11.5. The Hall–Kier alpha value is -0.800. The van der Waals surface area contributed by atoms with E-state index in [2.05, 4.69) is 24.1 Å². The molecule has 3 nitrogen and oxygen atoms in total. The lowest BCUT2D eigenvalue weighted by molar-refractivity contribution is 0.220. The number of aliphatic hydroxyl groups is 1. The van der Waals surface area contributed by atoms with Gasteiger partial charge in [-0.25, -0.2) is 4.98 Å². The number of aromatic nitrogens is 1. The lowest BCUT2D eigenvalue weighted by atomic mass is 9.90. The Kier molecular flexibility index (Phi) is 4.36. The molecule has 0 aliphatic rings. The van der Waals surface area contributed by atoms with Gasteiger partial charge in [0.1, 0.15) is 11.0 Å². The van der Waals surface area contributed by atoms with Crippen LogP contribution in [-0.4, -0.2) is 23.2 Å². The molecule has 1 aromatic rings. The number of rotatable bonds is 5. The average molecular weight is 229 g/mol. The summed E-state index contributed by atoms with van der Waals surface area (Å²) in [4.78, 5) is 4.13. The van der Waals surface area contributed by atoms with Gasteiger partial charge in [-0.1, -0.05) is 31.5 Å². The van der Waals surface area contributed by atoms with Crippen molar-refractivity contribution in [1.82, 2.24) is 4.98 Å². The third kappa shape index (κ3) is 4.49. The minimum Gasteiger partial charge on any atom is -0.396 e. The number of pyridine rings is 1.